The molecule has 0 unspecified atom stereocenters. The number of nitrogens with one attached hydrogen (secondary N) is 1. The lowest BCUT2D eigenvalue weighted by Crippen LogP contribution is -2.28. The second kappa shape index (κ2) is 7.58. The van der Waals surface area contributed by atoms with E-state index in [0.717, 1.165) is 16.5 Å². The van der Waals surface area contributed by atoms with E-state index in [2.05, 4.69) is 10.3 Å². The second-order valence-corrected chi connectivity index (χ2v) is 6.25. The van der Waals surface area contributed by atoms with E-state index >= 15 is 0 Å². The summed E-state index contributed by atoms with van der Waals surface area (Å²) in [6, 6.07) is 6.83. The minimum atomic E-state index is -0.404. The molecule has 2 aromatic heterocycles. The minimum Gasteiger partial charge on any atom is -0.482 e. The quantitative estimate of drug-likeness (QED) is 0.696. The highest BCUT2D eigenvalue weighted by Crippen LogP contribution is 2.31. The zero-order valence-electron chi connectivity index (χ0n) is 14.3. The molecule has 0 radical (unpaired) electrons. The number of pyridine rings is 1. The number of aromatic nitrogens is 1. The fourth-order valence-corrected chi connectivity index (χ4v) is 2.67. The van der Waals surface area contributed by atoms with Crippen LogP contribution in [0.2, 0.25) is 5.02 Å². The Balaban J connectivity index is 1.70. The van der Waals surface area contributed by atoms with Crippen molar-refractivity contribution >= 4 is 28.5 Å². The highest BCUT2D eigenvalue weighted by Gasteiger charge is 2.13. The molecule has 0 saturated carbocycles. The number of amides is 1. The number of fused-ring (bicyclic) bond motifs is 1. The molecule has 0 aliphatic carbocycles. The molecular formula is C19H17ClN2O4. The Morgan fingerprint density at radius 2 is 1.96 bits per heavy atom. The van der Waals surface area contributed by atoms with Gasteiger partial charge < -0.3 is 14.5 Å². The van der Waals surface area contributed by atoms with Gasteiger partial charge in [0.25, 0.3) is 5.91 Å². The third-order valence-electron chi connectivity index (χ3n) is 4.11. The summed E-state index contributed by atoms with van der Waals surface area (Å²) < 4.78 is 10.8. The maximum Gasteiger partial charge on any atom is 0.339 e. The smallest absolute Gasteiger partial charge is 0.339 e. The number of rotatable bonds is 5. The van der Waals surface area contributed by atoms with Crippen molar-refractivity contribution in [3.05, 3.63) is 68.8 Å². The molecule has 0 atom stereocenters. The van der Waals surface area contributed by atoms with E-state index in [1.165, 1.54) is 6.07 Å². The number of nitrogens with zero attached hydrogens (tertiary/aromatic N) is 1. The standard InChI is InChI=1S/C19H17ClN2O4/c1-11-12(2)19(24)26-16-8-17(15(20)7-14(11)16)25-10-18(23)22-9-13-3-5-21-6-4-13/h3-8H,9-10H2,1-2H3,(H,22,23). The summed E-state index contributed by atoms with van der Waals surface area (Å²) >= 11 is 6.24. The van der Waals surface area contributed by atoms with Gasteiger partial charge in [0.1, 0.15) is 11.3 Å². The highest BCUT2D eigenvalue weighted by atomic mass is 35.5. The van der Waals surface area contributed by atoms with Gasteiger partial charge in [0.2, 0.25) is 0 Å². The van der Waals surface area contributed by atoms with Crippen molar-refractivity contribution in [2.24, 2.45) is 0 Å². The SMILES string of the molecule is Cc1c(C)c2cc(Cl)c(OCC(=O)NCc3ccncc3)cc2oc1=O. The van der Waals surface area contributed by atoms with Gasteiger partial charge in [-0.2, -0.15) is 0 Å². The molecule has 3 aromatic rings. The largest absolute Gasteiger partial charge is 0.482 e. The molecule has 0 fully saturated rings. The number of aryl methyl sites for hydroxylation is 1. The van der Waals surface area contributed by atoms with Gasteiger partial charge in [-0.1, -0.05) is 11.6 Å². The zero-order valence-corrected chi connectivity index (χ0v) is 15.1. The van der Waals surface area contributed by atoms with E-state index in [4.69, 9.17) is 20.8 Å². The molecule has 7 heteroatoms. The molecule has 134 valence electrons. The third-order valence-corrected chi connectivity index (χ3v) is 4.40. The van der Waals surface area contributed by atoms with Crippen LogP contribution in [-0.2, 0) is 11.3 Å². The van der Waals surface area contributed by atoms with Gasteiger partial charge >= 0.3 is 5.63 Å². The van der Waals surface area contributed by atoms with Crippen molar-refractivity contribution in [3.63, 3.8) is 0 Å². The summed E-state index contributed by atoms with van der Waals surface area (Å²) in [6.45, 7) is 3.71. The van der Waals surface area contributed by atoms with Crippen LogP contribution < -0.4 is 15.7 Å². The Kier molecular flexibility index (Phi) is 5.23. The molecule has 0 aliphatic heterocycles. The van der Waals surface area contributed by atoms with E-state index < -0.39 is 5.63 Å². The summed E-state index contributed by atoms with van der Waals surface area (Å²) in [6.07, 6.45) is 3.31. The fourth-order valence-electron chi connectivity index (χ4n) is 2.45. The second-order valence-electron chi connectivity index (χ2n) is 5.84. The summed E-state index contributed by atoms with van der Waals surface area (Å²) in [5, 5.41) is 3.82. The van der Waals surface area contributed by atoms with E-state index in [0.29, 0.717) is 22.7 Å². The first kappa shape index (κ1) is 17.9. The van der Waals surface area contributed by atoms with Gasteiger partial charge in [-0.3, -0.25) is 9.78 Å². The van der Waals surface area contributed by atoms with Crippen molar-refractivity contribution < 1.29 is 13.9 Å². The first-order valence-corrected chi connectivity index (χ1v) is 8.35. The predicted octanol–water partition coefficient (Wildman–Crippen LogP) is 3.15. The van der Waals surface area contributed by atoms with Crippen molar-refractivity contribution in [2.75, 3.05) is 6.61 Å². The van der Waals surface area contributed by atoms with Gasteiger partial charge in [0.05, 0.1) is 5.02 Å². The number of hydrogen-bond acceptors (Lipinski definition) is 5. The Morgan fingerprint density at radius 1 is 1.23 bits per heavy atom. The zero-order chi connectivity index (χ0) is 18.7. The average Bonchev–Trinajstić information content (AvgIpc) is 2.64. The van der Waals surface area contributed by atoms with Crippen LogP contribution in [-0.4, -0.2) is 17.5 Å². The average molecular weight is 373 g/mol. The van der Waals surface area contributed by atoms with Crippen LogP contribution in [0.4, 0.5) is 0 Å². The lowest BCUT2D eigenvalue weighted by atomic mass is 10.1. The van der Waals surface area contributed by atoms with Crippen LogP contribution in [0.3, 0.4) is 0 Å². The van der Waals surface area contributed by atoms with Gasteiger partial charge in [0.15, 0.2) is 6.61 Å². The van der Waals surface area contributed by atoms with Crippen LogP contribution in [0.15, 0.2) is 45.9 Å². The molecule has 1 aromatic carbocycles. The Labute approximate surface area is 154 Å². The Bertz CT molecular complexity index is 1020. The summed E-state index contributed by atoms with van der Waals surface area (Å²) in [4.78, 5) is 27.7. The van der Waals surface area contributed by atoms with Crippen molar-refractivity contribution in [1.82, 2.24) is 10.3 Å². The summed E-state index contributed by atoms with van der Waals surface area (Å²) in [5.41, 5.74) is 2.25. The molecule has 0 bridgehead atoms. The molecule has 0 spiro atoms. The topological polar surface area (TPSA) is 81.4 Å². The molecule has 3 rings (SSSR count). The maximum atomic E-state index is 11.9. The minimum absolute atomic E-state index is 0.203. The molecule has 0 saturated heterocycles. The van der Waals surface area contributed by atoms with Crippen LogP contribution in [0, 0.1) is 13.8 Å². The fraction of sp³-hybridized carbons (Fsp3) is 0.211. The lowest BCUT2D eigenvalue weighted by molar-refractivity contribution is -0.123. The van der Waals surface area contributed by atoms with Crippen molar-refractivity contribution in [2.45, 2.75) is 20.4 Å². The first-order valence-electron chi connectivity index (χ1n) is 7.97. The number of carbonyl (C=O) groups excluding carboxylic acids is 1. The number of hydrogen-bond donors (Lipinski definition) is 1. The summed E-state index contributed by atoms with van der Waals surface area (Å²) in [7, 11) is 0. The molecular weight excluding hydrogens is 356 g/mol. The van der Waals surface area contributed by atoms with Gasteiger partial charge in [-0.05, 0) is 43.2 Å². The third kappa shape index (κ3) is 3.86. The normalized spacial score (nSPS) is 10.7. The Hall–Kier alpha value is -2.86. The molecule has 2 heterocycles. The Morgan fingerprint density at radius 3 is 2.69 bits per heavy atom. The van der Waals surface area contributed by atoms with Crippen molar-refractivity contribution in [1.29, 1.82) is 0 Å². The van der Waals surface area contributed by atoms with E-state index in [9.17, 15) is 9.59 Å². The first-order chi connectivity index (χ1) is 12.5. The van der Waals surface area contributed by atoms with Gasteiger partial charge in [-0.15, -0.1) is 0 Å². The van der Waals surface area contributed by atoms with Crippen LogP contribution >= 0.6 is 11.6 Å². The summed E-state index contributed by atoms with van der Waals surface area (Å²) in [5.74, 6) is -0.0100. The van der Waals surface area contributed by atoms with E-state index in [1.807, 2.05) is 19.1 Å². The van der Waals surface area contributed by atoms with E-state index in [-0.39, 0.29) is 18.3 Å². The molecule has 26 heavy (non-hydrogen) atoms. The predicted molar refractivity (Wildman–Crippen MR) is 98.5 cm³/mol. The van der Waals surface area contributed by atoms with Gasteiger partial charge in [0, 0.05) is 36.0 Å². The van der Waals surface area contributed by atoms with E-state index in [1.54, 1.807) is 25.4 Å². The van der Waals surface area contributed by atoms with Crippen LogP contribution in [0.5, 0.6) is 5.75 Å². The number of carbonyl (C=O) groups is 1. The lowest BCUT2D eigenvalue weighted by Gasteiger charge is -2.11. The molecule has 6 nitrogen and oxygen atoms in total. The van der Waals surface area contributed by atoms with Crippen molar-refractivity contribution in [3.8, 4) is 5.75 Å². The number of ether oxygens (including phenoxy) is 1. The molecule has 1 amide bonds. The maximum absolute atomic E-state index is 11.9. The molecule has 0 aliphatic rings. The monoisotopic (exact) mass is 372 g/mol. The molecule has 1 N–H and O–H groups in total. The van der Waals surface area contributed by atoms with Crippen LogP contribution in [0.25, 0.3) is 11.0 Å². The highest BCUT2D eigenvalue weighted by molar-refractivity contribution is 6.32. The number of halogens is 1. The number of benzene rings is 1. The van der Waals surface area contributed by atoms with Crippen LogP contribution in [0.1, 0.15) is 16.7 Å². The van der Waals surface area contributed by atoms with Gasteiger partial charge in [-0.25, -0.2) is 4.79 Å².